The van der Waals surface area contributed by atoms with E-state index in [9.17, 15) is 0 Å². The van der Waals surface area contributed by atoms with E-state index < -0.39 is 5.60 Å². The van der Waals surface area contributed by atoms with Gasteiger partial charge in [0.05, 0.1) is 0 Å². The van der Waals surface area contributed by atoms with Gasteiger partial charge in [0.2, 0.25) is 0 Å². The second-order valence-corrected chi connectivity index (χ2v) is 24.6. The molecule has 0 radical (unpaired) electrons. The summed E-state index contributed by atoms with van der Waals surface area (Å²) in [6.07, 6.45) is 0. The van der Waals surface area contributed by atoms with Crippen LogP contribution in [0.1, 0.15) is 133 Å². The van der Waals surface area contributed by atoms with Crippen molar-refractivity contribution in [2.24, 2.45) is 0 Å². The van der Waals surface area contributed by atoms with Crippen molar-refractivity contribution in [3.8, 4) is 0 Å². The molecule has 0 bridgehead atoms. The van der Waals surface area contributed by atoms with Crippen LogP contribution in [0.4, 0.5) is 11.4 Å². The third-order valence-electron chi connectivity index (χ3n) is 8.27. The van der Waals surface area contributed by atoms with E-state index in [1.807, 2.05) is 0 Å². The summed E-state index contributed by atoms with van der Waals surface area (Å²) in [5.74, 6) is 1.99. The quantitative estimate of drug-likeness (QED) is 0.186. The van der Waals surface area contributed by atoms with Crippen LogP contribution in [-0.2, 0) is 5.41 Å². The number of para-hydroxylation sites is 2. The molecule has 0 saturated heterocycles. The van der Waals surface area contributed by atoms with Crippen LogP contribution in [0, 0.1) is 0 Å². The van der Waals surface area contributed by atoms with Crippen molar-refractivity contribution in [1.29, 1.82) is 0 Å². The second kappa shape index (κ2) is 11.0. The van der Waals surface area contributed by atoms with Gasteiger partial charge in [-0.1, -0.05) is 0 Å². The van der Waals surface area contributed by atoms with E-state index in [-0.39, 0.29) is 29.1 Å². The number of amidine groups is 1. The molecule has 0 atom stereocenters. The fourth-order valence-electron chi connectivity index (χ4n) is 5.97. The van der Waals surface area contributed by atoms with Crippen LogP contribution in [0.5, 0.6) is 0 Å². The zero-order valence-corrected chi connectivity index (χ0v) is 29.9. The predicted molar refractivity (Wildman–Crippen MR) is 184 cm³/mol. The summed E-state index contributed by atoms with van der Waals surface area (Å²) in [5.41, 5.74) is 4.65. The van der Waals surface area contributed by atoms with Gasteiger partial charge >= 0.3 is 264 Å². The molecule has 1 heterocycles. The number of anilines is 1. The molecule has 222 valence electrons. The van der Waals surface area contributed by atoms with Crippen LogP contribution >= 0.6 is 33.2 Å². The summed E-state index contributed by atoms with van der Waals surface area (Å²) in [4.78, 5) is 0. The van der Waals surface area contributed by atoms with E-state index in [1.54, 1.807) is 0 Å². The Bertz CT molecular complexity index is 1420. The van der Waals surface area contributed by atoms with Gasteiger partial charge in [-0.3, -0.25) is 0 Å². The molecule has 4 rings (SSSR count). The molecule has 2 nitrogen and oxygen atoms in total. The first-order valence-electron chi connectivity index (χ1n) is 15.0. The van der Waals surface area contributed by atoms with Crippen molar-refractivity contribution in [3.63, 3.8) is 0 Å². The Kier molecular flexibility index (Phi) is 8.66. The molecule has 6 heteroatoms. The van der Waals surface area contributed by atoms with Gasteiger partial charge in [-0.25, -0.2) is 0 Å². The van der Waals surface area contributed by atoms with Crippen LogP contribution in [0.2, 0.25) is 0 Å². The van der Waals surface area contributed by atoms with Crippen molar-refractivity contribution >= 4 is 56.1 Å². The molecule has 3 aromatic rings. The van der Waals surface area contributed by atoms with Crippen molar-refractivity contribution in [1.82, 2.24) is 0 Å². The van der Waals surface area contributed by atoms with Gasteiger partial charge in [0.1, 0.15) is 0 Å². The van der Waals surface area contributed by atoms with Crippen LogP contribution in [0.25, 0.3) is 0 Å². The Labute approximate surface area is 263 Å². The number of halogens is 3. The second-order valence-electron chi connectivity index (χ2n) is 13.8. The Hall–Kier alpha value is -1.78. The first-order chi connectivity index (χ1) is 18.9. The zero-order chi connectivity index (χ0) is 30.7. The molecule has 1 aliphatic heterocycles. The SMILES string of the molecule is CC(C)c1cccc(C(C)C)c1N1C(c2ccc(C(C)(C)C)cc2)=[N+](c2c(C(C)C)cccc2C(C)C)[Si-]1(Cl)(Cl)Cl. The number of hydrogen-bond acceptors (Lipinski definition) is 1. The monoisotopic (exact) mass is 628 g/mol. The summed E-state index contributed by atoms with van der Waals surface area (Å²) in [5, 5.41) is 0. The predicted octanol–water partition coefficient (Wildman–Crippen LogP) is 11.7. The summed E-state index contributed by atoms with van der Waals surface area (Å²) in [6, 6.07) is 21.9. The van der Waals surface area contributed by atoms with Crippen LogP contribution in [-0.4, -0.2) is 15.7 Å². The molecule has 3 aromatic carbocycles. The average molecular weight is 630 g/mol. The van der Waals surface area contributed by atoms with Gasteiger partial charge in [0.15, 0.2) is 0 Å². The Balaban J connectivity index is 2.20. The van der Waals surface area contributed by atoms with Gasteiger partial charge in [0, 0.05) is 0 Å². The van der Waals surface area contributed by atoms with Crippen molar-refractivity contribution < 1.29 is 4.24 Å². The van der Waals surface area contributed by atoms with Crippen LogP contribution < -0.4 is 4.57 Å². The minimum absolute atomic E-state index is 0.0400. The Morgan fingerprint density at radius 3 is 1.37 bits per heavy atom. The topological polar surface area (TPSA) is 6.25 Å². The van der Waals surface area contributed by atoms with E-state index in [2.05, 4.69) is 146 Å². The summed E-state index contributed by atoms with van der Waals surface area (Å²) in [6.45, 7) is 24.5. The third kappa shape index (κ3) is 5.65. The van der Waals surface area contributed by atoms with Gasteiger partial charge in [0.25, 0.3) is 0 Å². The minimum atomic E-state index is -4.59. The number of benzene rings is 3. The normalized spacial score (nSPS) is 17.8. The van der Waals surface area contributed by atoms with E-state index in [0.717, 1.165) is 22.8 Å². The molecule has 0 fully saturated rings. The molecule has 41 heavy (non-hydrogen) atoms. The summed E-state index contributed by atoms with van der Waals surface area (Å²) >= 11 is 23.2. The number of nitrogens with zero attached hydrogens (tertiary/aromatic N) is 2. The van der Waals surface area contributed by atoms with E-state index in [0.29, 0.717) is 0 Å². The summed E-state index contributed by atoms with van der Waals surface area (Å²) < 4.78 is 4.26. The maximum atomic E-state index is 7.73. The molecule has 0 aromatic heterocycles. The molecule has 0 aliphatic carbocycles. The molecule has 0 unspecified atom stereocenters. The first-order valence-corrected chi connectivity index (χ1v) is 20.4. The molecule has 0 spiro atoms. The van der Waals surface area contributed by atoms with Crippen molar-refractivity contribution in [3.05, 3.63) is 94.0 Å². The number of hydrogen-bond donors (Lipinski definition) is 0. The van der Waals surface area contributed by atoms with Gasteiger partial charge in [-0.15, -0.1) is 0 Å². The van der Waals surface area contributed by atoms with E-state index >= 15 is 0 Å². The number of rotatable bonds is 7. The standard InChI is InChI=1S/C35H47Cl3N2Si/c1-22(2)28-14-12-15-29(23(3)4)32(28)39-34(26-18-20-27(21-19-26)35(9,10)11)40(41(39,36,37)38)33-30(24(5)6)16-13-17-31(33)25(7)8/h12-25H,1-11H3. The summed E-state index contributed by atoms with van der Waals surface area (Å²) in [7, 11) is 0. The Morgan fingerprint density at radius 2 is 1.00 bits per heavy atom. The van der Waals surface area contributed by atoms with E-state index in [1.165, 1.54) is 27.8 Å². The first kappa shape index (κ1) is 32.1. The fraction of sp³-hybridized carbons (Fsp3) is 0.457. The van der Waals surface area contributed by atoms with Crippen molar-refractivity contribution in [2.75, 3.05) is 4.57 Å². The molecule has 0 amide bonds. The van der Waals surface area contributed by atoms with Gasteiger partial charge in [-0.2, -0.15) is 0 Å². The van der Waals surface area contributed by atoms with Gasteiger partial charge < -0.3 is 0 Å². The van der Waals surface area contributed by atoms with Crippen LogP contribution in [0.15, 0.2) is 60.7 Å². The maximum absolute atomic E-state index is 7.73. The van der Waals surface area contributed by atoms with E-state index in [4.69, 9.17) is 33.2 Å². The van der Waals surface area contributed by atoms with Gasteiger partial charge in [-0.05, 0) is 0 Å². The fourth-order valence-corrected chi connectivity index (χ4v) is 11.3. The molecule has 0 saturated carbocycles. The molecular weight excluding hydrogens is 583 g/mol. The zero-order valence-electron chi connectivity index (χ0n) is 26.6. The molecular formula is C35H47Cl3N2Si. The Morgan fingerprint density at radius 1 is 0.610 bits per heavy atom. The molecule has 0 N–H and O–H groups in total. The third-order valence-corrected chi connectivity index (χ3v) is 13.6. The van der Waals surface area contributed by atoms with Crippen molar-refractivity contribution in [2.45, 2.75) is 105 Å². The van der Waals surface area contributed by atoms with Crippen LogP contribution in [0.3, 0.4) is 0 Å². The molecule has 1 aliphatic rings. The average Bonchev–Trinajstić information content (AvgIpc) is 2.86.